The number of carbonyl (C=O) groups is 1. The third kappa shape index (κ3) is 16.0. The maximum absolute atomic E-state index is 11.7. The molecule has 1 unspecified atom stereocenters. The number of hydrogen-bond acceptors (Lipinski definition) is 3. The number of aliphatic hydroxyl groups is 1. The van der Waals surface area contributed by atoms with Gasteiger partial charge in [0.2, 0.25) is 0 Å². The van der Waals surface area contributed by atoms with Gasteiger partial charge in [0, 0.05) is 0 Å². The van der Waals surface area contributed by atoms with Crippen molar-refractivity contribution in [2.45, 2.75) is 84.2 Å². The van der Waals surface area contributed by atoms with Crippen LogP contribution in [0.15, 0.2) is 0 Å². The Morgan fingerprint density at radius 2 is 1.43 bits per heavy atom. The van der Waals surface area contributed by atoms with Crippen molar-refractivity contribution >= 4 is 5.97 Å². The molecule has 0 aliphatic heterocycles. The van der Waals surface area contributed by atoms with Gasteiger partial charge in [-0.2, -0.15) is 0 Å². The van der Waals surface area contributed by atoms with E-state index in [1.165, 1.54) is 57.8 Å². The molecule has 0 radical (unpaired) electrons. The zero-order chi connectivity index (χ0) is 17.6. The van der Waals surface area contributed by atoms with Crippen molar-refractivity contribution < 1.29 is 19.1 Å². The van der Waals surface area contributed by atoms with Crippen LogP contribution in [0.25, 0.3) is 0 Å². The van der Waals surface area contributed by atoms with Crippen molar-refractivity contribution in [1.82, 2.24) is 0 Å². The molecule has 0 spiro atoms. The number of ether oxygens (including phenoxy) is 1. The molecular weight excluding hydrogens is 290 g/mol. The number of aliphatic hydroxyl groups excluding tert-OH is 1. The summed E-state index contributed by atoms with van der Waals surface area (Å²) in [5.74, 6) is -0.219. The fraction of sp³-hybridized carbons (Fsp3) is 0.947. The summed E-state index contributed by atoms with van der Waals surface area (Å²) in [5, 5.41) is 9.12. The number of rotatable bonds is 15. The number of hydrogen-bond donors (Lipinski definition) is 1. The lowest BCUT2D eigenvalue weighted by Crippen LogP contribution is -2.45. The van der Waals surface area contributed by atoms with Gasteiger partial charge in [0.15, 0.2) is 6.54 Å². The molecule has 1 N–H and O–H groups in total. The van der Waals surface area contributed by atoms with E-state index >= 15 is 0 Å². The van der Waals surface area contributed by atoms with Crippen LogP contribution in [-0.2, 0) is 9.53 Å². The van der Waals surface area contributed by atoms with E-state index < -0.39 is 6.10 Å². The Morgan fingerprint density at radius 3 is 1.91 bits per heavy atom. The number of esters is 1. The van der Waals surface area contributed by atoms with Crippen molar-refractivity contribution in [2.24, 2.45) is 0 Å². The van der Waals surface area contributed by atoms with Crippen LogP contribution in [0, 0.1) is 0 Å². The third-order valence-electron chi connectivity index (χ3n) is 4.16. The standard InChI is InChI=1S/C19H40NO3/c1-5-6-7-8-9-10-11-12-13-14-15-20(3,4)16-19(22)23-17-18(2)21/h18,21H,5-17H2,1-4H3/q+1. The van der Waals surface area contributed by atoms with Gasteiger partial charge in [-0.05, 0) is 19.8 Å². The zero-order valence-corrected chi connectivity index (χ0v) is 16.0. The summed E-state index contributed by atoms with van der Waals surface area (Å²) in [6.07, 6.45) is 12.7. The van der Waals surface area contributed by atoms with E-state index in [-0.39, 0.29) is 12.6 Å². The van der Waals surface area contributed by atoms with Crippen LogP contribution in [-0.4, -0.2) is 55.5 Å². The first-order valence-corrected chi connectivity index (χ1v) is 9.53. The van der Waals surface area contributed by atoms with Crippen molar-refractivity contribution in [2.75, 3.05) is 33.8 Å². The quantitative estimate of drug-likeness (QED) is 0.281. The minimum atomic E-state index is -0.587. The predicted octanol–water partition coefficient (Wildman–Crippen LogP) is 3.91. The average Bonchev–Trinajstić information content (AvgIpc) is 2.46. The second kappa shape index (κ2) is 13.8. The molecule has 0 bridgehead atoms. The first-order valence-electron chi connectivity index (χ1n) is 9.53. The summed E-state index contributed by atoms with van der Waals surface area (Å²) in [6.45, 7) is 5.35. The van der Waals surface area contributed by atoms with E-state index in [0.29, 0.717) is 11.0 Å². The van der Waals surface area contributed by atoms with Crippen molar-refractivity contribution in [3.05, 3.63) is 0 Å². The summed E-state index contributed by atoms with van der Waals surface area (Å²) in [5.41, 5.74) is 0. The number of likely N-dealkylation sites (N-methyl/N-ethyl adjacent to an activating group) is 1. The molecule has 138 valence electrons. The van der Waals surface area contributed by atoms with Crippen molar-refractivity contribution in [3.8, 4) is 0 Å². The highest BCUT2D eigenvalue weighted by Crippen LogP contribution is 2.11. The largest absolute Gasteiger partial charge is 0.459 e. The van der Waals surface area contributed by atoms with E-state index in [1.807, 2.05) is 0 Å². The molecule has 0 amide bonds. The highest BCUT2D eigenvalue weighted by molar-refractivity contribution is 5.70. The van der Waals surface area contributed by atoms with Gasteiger partial charge in [-0.25, -0.2) is 4.79 Å². The summed E-state index contributed by atoms with van der Waals surface area (Å²) in [6, 6.07) is 0. The number of carbonyl (C=O) groups excluding carboxylic acids is 1. The zero-order valence-electron chi connectivity index (χ0n) is 16.0. The Labute approximate surface area is 143 Å². The van der Waals surface area contributed by atoms with Crippen LogP contribution in [0.1, 0.15) is 78.1 Å². The first-order chi connectivity index (χ1) is 10.9. The molecule has 4 heteroatoms. The van der Waals surface area contributed by atoms with Crippen LogP contribution in [0.4, 0.5) is 0 Å². The smallest absolute Gasteiger partial charge is 0.361 e. The molecule has 0 aromatic rings. The monoisotopic (exact) mass is 330 g/mol. The molecule has 0 saturated heterocycles. The van der Waals surface area contributed by atoms with Gasteiger partial charge in [-0.3, -0.25) is 0 Å². The fourth-order valence-electron chi connectivity index (χ4n) is 2.72. The second-order valence-corrected chi connectivity index (χ2v) is 7.53. The molecule has 0 aliphatic carbocycles. The molecule has 0 aromatic carbocycles. The molecule has 0 fully saturated rings. The van der Waals surface area contributed by atoms with Crippen LogP contribution in [0.3, 0.4) is 0 Å². The summed E-state index contributed by atoms with van der Waals surface area (Å²) < 4.78 is 5.70. The maximum Gasteiger partial charge on any atom is 0.361 e. The topological polar surface area (TPSA) is 46.5 Å². The van der Waals surface area contributed by atoms with Crippen LogP contribution in [0.2, 0.25) is 0 Å². The molecule has 1 atom stereocenters. The molecular formula is C19H40NO3+. The van der Waals surface area contributed by atoms with Gasteiger partial charge in [0.1, 0.15) is 6.61 Å². The Kier molecular flexibility index (Phi) is 13.4. The molecule has 0 saturated carbocycles. The lowest BCUT2D eigenvalue weighted by Gasteiger charge is -2.28. The van der Waals surface area contributed by atoms with Crippen LogP contribution < -0.4 is 0 Å². The van der Waals surface area contributed by atoms with E-state index in [0.717, 1.165) is 13.0 Å². The van der Waals surface area contributed by atoms with Crippen molar-refractivity contribution in [3.63, 3.8) is 0 Å². The summed E-state index contributed by atoms with van der Waals surface area (Å²) in [4.78, 5) is 11.7. The minimum Gasteiger partial charge on any atom is -0.459 e. The summed E-state index contributed by atoms with van der Waals surface area (Å²) in [7, 11) is 4.13. The highest BCUT2D eigenvalue weighted by Gasteiger charge is 2.20. The van der Waals surface area contributed by atoms with E-state index in [2.05, 4.69) is 21.0 Å². The average molecular weight is 331 g/mol. The van der Waals surface area contributed by atoms with E-state index in [1.54, 1.807) is 6.92 Å². The summed E-state index contributed by atoms with van der Waals surface area (Å²) >= 11 is 0. The fourth-order valence-corrected chi connectivity index (χ4v) is 2.72. The Balaban J connectivity index is 3.53. The molecule has 0 aromatic heterocycles. The minimum absolute atomic E-state index is 0.0943. The van der Waals surface area contributed by atoms with Crippen LogP contribution in [0.5, 0.6) is 0 Å². The van der Waals surface area contributed by atoms with Crippen molar-refractivity contribution in [1.29, 1.82) is 0 Å². The lowest BCUT2D eigenvalue weighted by atomic mass is 10.1. The SMILES string of the molecule is CCCCCCCCCCCC[N+](C)(C)CC(=O)OCC(C)O. The Morgan fingerprint density at radius 1 is 0.957 bits per heavy atom. The molecule has 4 nitrogen and oxygen atoms in total. The van der Waals surface area contributed by atoms with E-state index in [4.69, 9.17) is 9.84 Å². The molecule has 0 heterocycles. The maximum atomic E-state index is 11.7. The van der Waals surface area contributed by atoms with Gasteiger partial charge in [0.25, 0.3) is 0 Å². The van der Waals surface area contributed by atoms with Gasteiger partial charge in [-0.1, -0.05) is 58.3 Å². The number of unbranched alkanes of at least 4 members (excludes halogenated alkanes) is 9. The molecule has 0 aliphatic rings. The first kappa shape index (κ1) is 22.4. The Hall–Kier alpha value is -0.610. The normalized spacial score (nSPS) is 13.1. The highest BCUT2D eigenvalue weighted by atomic mass is 16.5. The lowest BCUT2D eigenvalue weighted by molar-refractivity contribution is -0.883. The van der Waals surface area contributed by atoms with Gasteiger partial charge >= 0.3 is 5.97 Å². The van der Waals surface area contributed by atoms with E-state index in [9.17, 15) is 4.79 Å². The number of nitrogens with zero attached hydrogens (tertiary/aromatic N) is 1. The third-order valence-corrected chi connectivity index (χ3v) is 4.16. The number of quaternary nitrogens is 1. The second-order valence-electron chi connectivity index (χ2n) is 7.53. The molecule has 23 heavy (non-hydrogen) atoms. The van der Waals surface area contributed by atoms with Gasteiger partial charge in [0.05, 0.1) is 26.7 Å². The van der Waals surface area contributed by atoms with Gasteiger partial charge in [-0.15, -0.1) is 0 Å². The van der Waals surface area contributed by atoms with Crippen LogP contribution >= 0.6 is 0 Å². The molecule has 0 rings (SSSR count). The van der Waals surface area contributed by atoms with Gasteiger partial charge < -0.3 is 14.3 Å². The Bertz CT molecular complexity index is 290. The predicted molar refractivity (Wildman–Crippen MR) is 96.3 cm³/mol.